The third kappa shape index (κ3) is 5.99. The number of carbonyl (C=O) groups is 1. The van der Waals surface area contributed by atoms with Crippen LogP contribution in [0.15, 0.2) is 63.8 Å². The minimum Gasteiger partial charge on any atom is -0.491 e. The molecule has 1 atom stereocenters. The van der Waals surface area contributed by atoms with Gasteiger partial charge in [0.25, 0.3) is 0 Å². The molecule has 194 valence electrons. The molecule has 0 saturated carbocycles. The highest BCUT2D eigenvalue weighted by Gasteiger charge is 2.28. The number of hydrogen-bond donors (Lipinski definition) is 1. The minimum absolute atomic E-state index is 0.160. The van der Waals surface area contributed by atoms with Crippen LogP contribution in [-0.4, -0.2) is 91.0 Å². The first kappa shape index (κ1) is 25.0. The standard InChI is InChI=1S/C28H35N7O2/c1-21-30-19-29-16-28(32-20-31-21)35-11-5-6-24(35)18-37-27-10-9-23(25-7-3-4-8-26(25)27)17-33-12-14-34(15-13-33)22(2)36/h3-4,7-10,19-20,24H,1,5-6,11-18H2,2H3,(H,29,30)/b31-20-,32-28+/t24-/m1/s1. The lowest BCUT2D eigenvalue weighted by molar-refractivity contribution is -0.130. The van der Waals surface area contributed by atoms with Gasteiger partial charge >= 0.3 is 0 Å². The van der Waals surface area contributed by atoms with E-state index >= 15 is 0 Å². The number of nitrogens with zero attached hydrogens (tertiary/aromatic N) is 6. The summed E-state index contributed by atoms with van der Waals surface area (Å²) in [6.07, 6.45) is 5.31. The molecule has 0 bridgehead atoms. The van der Waals surface area contributed by atoms with Crippen LogP contribution in [0, 0.1) is 0 Å². The molecule has 0 spiro atoms. The summed E-state index contributed by atoms with van der Waals surface area (Å²) in [5, 5.41) is 5.28. The number of likely N-dealkylation sites (tertiary alicyclic amines) is 1. The monoisotopic (exact) mass is 501 g/mol. The Hall–Kier alpha value is -3.72. The van der Waals surface area contributed by atoms with Crippen molar-refractivity contribution in [3.8, 4) is 5.75 Å². The smallest absolute Gasteiger partial charge is 0.219 e. The van der Waals surface area contributed by atoms with Crippen molar-refractivity contribution in [1.29, 1.82) is 0 Å². The van der Waals surface area contributed by atoms with E-state index in [1.54, 1.807) is 19.6 Å². The summed E-state index contributed by atoms with van der Waals surface area (Å²) in [5.41, 5.74) is 1.29. The molecule has 0 unspecified atom stereocenters. The summed E-state index contributed by atoms with van der Waals surface area (Å²) in [4.78, 5) is 31.5. The van der Waals surface area contributed by atoms with Crippen LogP contribution in [-0.2, 0) is 11.3 Å². The van der Waals surface area contributed by atoms with E-state index in [1.807, 2.05) is 4.90 Å². The molecule has 5 rings (SSSR count). The molecule has 9 nitrogen and oxygen atoms in total. The first-order valence-corrected chi connectivity index (χ1v) is 13.0. The van der Waals surface area contributed by atoms with Gasteiger partial charge in [-0.25, -0.2) is 9.98 Å². The number of amidine groups is 1. The first-order chi connectivity index (χ1) is 18.1. The zero-order valence-electron chi connectivity index (χ0n) is 21.5. The van der Waals surface area contributed by atoms with Gasteiger partial charge in [-0.1, -0.05) is 36.9 Å². The maximum Gasteiger partial charge on any atom is 0.219 e. The topological polar surface area (TPSA) is 85.1 Å². The van der Waals surface area contributed by atoms with Crippen LogP contribution in [0.2, 0.25) is 0 Å². The lowest BCUT2D eigenvalue weighted by atomic mass is 10.0. The van der Waals surface area contributed by atoms with Crippen molar-refractivity contribution >= 4 is 35.2 Å². The molecule has 0 aromatic heterocycles. The number of carbonyl (C=O) groups excluding carboxylic acids is 1. The number of fused-ring (bicyclic) bond motifs is 1. The Morgan fingerprint density at radius 3 is 2.73 bits per heavy atom. The lowest BCUT2D eigenvalue weighted by Gasteiger charge is -2.34. The Kier molecular flexibility index (Phi) is 7.79. The number of ether oxygens (including phenoxy) is 1. The summed E-state index contributed by atoms with van der Waals surface area (Å²) in [6.45, 7) is 11.7. The average molecular weight is 502 g/mol. The van der Waals surface area contributed by atoms with Crippen molar-refractivity contribution < 1.29 is 9.53 Å². The Morgan fingerprint density at radius 1 is 1.11 bits per heavy atom. The minimum atomic E-state index is 0.160. The molecule has 37 heavy (non-hydrogen) atoms. The van der Waals surface area contributed by atoms with Crippen molar-refractivity contribution in [3.63, 3.8) is 0 Å². The van der Waals surface area contributed by atoms with E-state index in [0.29, 0.717) is 19.0 Å². The fraction of sp³-hybridized carbons (Fsp3) is 0.429. The van der Waals surface area contributed by atoms with E-state index in [0.717, 1.165) is 69.1 Å². The molecule has 0 radical (unpaired) electrons. The molecule has 1 N–H and O–H groups in total. The fourth-order valence-corrected chi connectivity index (χ4v) is 5.25. The van der Waals surface area contributed by atoms with E-state index in [-0.39, 0.29) is 11.9 Å². The number of nitrogens with one attached hydrogen (secondary N) is 1. The third-order valence-electron chi connectivity index (χ3n) is 7.30. The van der Waals surface area contributed by atoms with Crippen molar-refractivity contribution in [2.24, 2.45) is 15.0 Å². The maximum absolute atomic E-state index is 11.7. The molecule has 2 saturated heterocycles. The van der Waals surface area contributed by atoms with Crippen LogP contribution in [0.5, 0.6) is 5.75 Å². The van der Waals surface area contributed by atoms with Crippen LogP contribution in [0.4, 0.5) is 0 Å². The van der Waals surface area contributed by atoms with Crippen molar-refractivity contribution in [2.75, 3.05) is 45.9 Å². The van der Waals surface area contributed by atoms with Gasteiger partial charge in [0.15, 0.2) is 0 Å². The van der Waals surface area contributed by atoms with Crippen LogP contribution in [0.25, 0.3) is 10.8 Å². The summed E-state index contributed by atoms with van der Waals surface area (Å²) < 4.78 is 6.45. The number of amides is 1. The maximum atomic E-state index is 11.7. The molecule has 9 heteroatoms. The van der Waals surface area contributed by atoms with Crippen LogP contribution >= 0.6 is 0 Å². The molecule has 0 aliphatic carbocycles. The summed E-state index contributed by atoms with van der Waals surface area (Å²) in [5.74, 6) is 2.48. The van der Waals surface area contributed by atoms with Crippen LogP contribution < -0.4 is 10.1 Å². The summed E-state index contributed by atoms with van der Waals surface area (Å²) in [7, 11) is 0. The van der Waals surface area contributed by atoms with Gasteiger partial charge in [0.1, 0.15) is 30.4 Å². The van der Waals surface area contributed by atoms with Gasteiger partial charge in [0.05, 0.1) is 18.9 Å². The zero-order valence-corrected chi connectivity index (χ0v) is 21.5. The van der Waals surface area contributed by atoms with Crippen LogP contribution in [0.3, 0.4) is 0 Å². The molecule has 2 aromatic carbocycles. The largest absolute Gasteiger partial charge is 0.491 e. The van der Waals surface area contributed by atoms with Gasteiger partial charge in [0.2, 0.25) is 5.91 Å². The van der Waals surface area contributed by atoms with Crippen molar-refractivity contribution in [3.05, 3.63) is 54.4 Å². The quantitative estimate of drug-likeness (QED) is 0.681. The molecule has 3 heterocycles. The highest BCUT2D eigenvalue weighted by molar-refractivity contribution is 5.92. The van der Waals surface area contributed by atoms with Crippen molar-refractivity contribution in [2.45, 2.75) is 32.4 Å². The Morgan fingerprint density at radius 2 is 1.92 bits per heavy atom. The second kappa shape index (κ2) is 11.6. The average Bonchev–Trinajstić information content (AvgIpc) is 3.41. The van der Waals surface area contributed by atoms with Gasteiger partial charge in [0, 0.05) is 51.6 Å². The van der Waals surface area contributed by atoms with E-state index in [4.69, 9.17) is 4.74 Å². The Bertz CT molecular complexity index is 1230. The normalized spacial score (nSPS) is 24.0. The SMILES string of the molecule is C=C1/N=C\N=C(\N2CCC[C@@H]2COc2ccc(CN3CCN(C(C)=O)CC3)c3ccccc23)C/N=C\N1. The number of piperazine rings is 1. The fourth-order valence-electron chi connectivity index (χ4n) is 5.25. The molecule has 2 fully saturated rings. The van der Waals surface area contributed by atoms with Gasteiger partial charge in [-0.05, 0) is 29.9 Å². The van der Waals surface area contributed by atoms with E-state index in [1.165, 1.54) is 10.9 Å². The second-order valence-corrected chi connectivity index (χ2v) is 9.70. The molecule has 2 aromatic rings. The van der Waals surface area contributed by atoms with E-state index < -0.39 is 0 Å². The highest BCUT2D eigenvalue weighted by Crippen LogP contribution is 2.30. The van der Waals surface area contributed by atoms with E-state index in [2.05, 4.69) is 73.1 Å². The molecule has 3 aliphatic rings. The second-order valence-electron chi connectivity index (χ2n) is 9.70. The Labute approximate surface area is 218 Å². The summed E-state index contributed by atoms with van der Waals surface area (Å²) in [6, 6.07) is 13.0. The van der Waals surface area contributed by atoms with Gasteiger partial charge in [-0.3, -0.25) is 14.7 Å². The molecule has 1 amide bonds. The number of rotatable bonds is 5. The summed E-state index contributed by atoms with van der Waals surface area (Å²) >= 11 is 0. The highest BCUT2D eigenvalue weighted by atomic mass is 16.5. The predicted octanol–water partition coefficient (Wildman–Crippen LogP) is 2.88. The van der Waals surface area contributed by atoms with E-state index in [9.17, 15) is 4.79 Å². The zero-order chi connectivity index (χ0) is 25.6. The van der Waals surface area contributed by atoms with Gasteiger partial charge in [-0.15, -0.1) is 0 Å². The van der Waals surface area contributed by atoms with Gasteiger partial charge in [-0.2, -0.15) is 0 Å². The molecular weight excluding hydrogens is 466 g/mol. The molecule has 3 aliphatic heterocycles. The number of hydrogen-bond acceptors (Lipinski definition) is 8. The van der Waals surface area contributed by atoms with Gasteiger partial charge < -0.3 is 19.9 Å². The predicted molar refractivity (Wildman–Crippen MR) is 148 cm³/mol. The lowest BCUT2D eigenvalue weighted by Crippen LogP contribution is -2.47. The number of aliphatic imine (C=N–C) groups is 3. The number of benzene rings is 2. The van der Waals surface area contributed by atoms with Crippen LogP contribution in [0.1, 0.15) is 25.3 Å². The molecular formula is C28H35N7O2. The Balaban J connectivity index is 1.27. The first-order valence-electron chi connectivity index (χ1n) is 13.0. The third-order valence-corrected chi connectivity index (χ3v) is 7.30. The van der Waals surface area contributed by atoms with Crippen molar-refractivity contribution in [1.82, 2.24) is 20.0 Å².